The molecule has 0 bridgehead atoms. The lowest BCUT2D eigenvalue weighted by Crippen LogP contribution is -2.36. The van der Waals surface area contributed by atoms with Gasteiger partial charge in [-0.15, -0.1) is 0 Å². The fourth-order valence-corrected chi connectivity index (χ4v) is 2.32. The van der Waals surface area contributed by atoms with E-state index in [0.717, 1.165) is 6.42 Å². The number of allylic oxidation sites excluding steroid dienone is 2. The highest BCUT2D eigenvalue weighted by molar-refractivity contribution is 5.16. The number of rotatable bonds is 4. The van der Waals surface area contributed by atoms with E-state index in [1.54, 1.807) is 0 Å². The van der Waals surface area contributed by atoms with E-state index >= 15 is 0 Å². The summed E-state index contributed by atoms with van der Waals surface area (Å²) in [5.41, 5.74) is 2.99. The molecule has 0 amide bonds. The predicted molar refractivity (Wildman–Crippen MR) is 61.8 cm³/mol. The van der Waals surface area contributed by atoms with Crippen LogP contribution in [-0.4, -0.2) is 29.6 Å². The highest BCUT2D eigenvalue weighted by Crippen LogP contribution is 2.29. The molecule has 0 fully saturated rings. The first kappa shape index (κ1) is 11.4. The lowest BCUT2D eigenvalue weighted by molar-refractivity contribution is 0.176. The maximum atomic E-state index is 2.53. The summed E-state index contributed by atoms with van der Waals surface area (Å²) in [6, 6.07) is 0. The Balaban J connectivity index is 2.71. The lowest BCUT2D eigenvalue weighted by atomic mass is 10.2. The molecule has 1 aliphatic rings. The van der Waals surface area contributed by atoms with Crippen molar-refractivity contribution in [3.05, 3.63) is 11.4 Å². The zero-order valence-corrected chi connectivity index (χ0v) is 10.3. The summed E-state index contributed by atoms with van der Waals surface area (Å²) in [5, 5.41) is 0. The van der Waals surface area contributed by atoms with Crippen LogP contribution in [-0.2, 0) is 0 Å². The van der Waals surface area contributed by atoms with Crippen LogP contribution in [0.1, 0.15) is 47.0 Å². The zero-order chi connectivity index (χ0) is 10.7. The van der Waals surface area contributed by atoms with Gasteiger partial charge in [0.2, 0.25) is 0 Å². The number of hydrogen-bond donors (Lipinski definition) is 0. The van der Waals surface area contributed by atoms with Gasteiger partial charge in [-0.05, 0) is 26.7 Å². The van der Waals surface area contributed by atoms with Crippen LogP contribution in [0.2, 0.25) is 0 Å². The Morgan fingerprint density at radius 3 is 2.36 bits per heavy atom. The van der Waals surface area contributed by atoms with Gasteiger partial charge in [0.05, 0.1) is 6.17 Å². The van der Waals surface area contributed by atoms with Crippen molar-refractivity contribution < 1.29 is 0 Å². The van der Waals surface area contributed by atoms with Crippen molar-refractivity contribution in [3.8, 4) is 0 Å². The minimum Gasteiger partial charge on any atom is -0.356 e. The van der Waals surface area contributed by atoms with Crippen LogP contribution in [0.3, 0.4) is 0 Å². The van der Waals surface area contributed by atoms with E-state index in [9.17, 15) is 0 Å². The molecule has 0 spiro atoms. The molecular weight excluding hydrogens is 172 g/mol. The fourth-order valence-electron chi connectivity index (χ4n) is 2.32. The molecule has 1 atom stereocenters. The van der Waals surface area contributed by atoms with E-state index in [4.69, 9.17) is 0 Å². The Morgan fingerprint density at radius 1 is 1.29 bits per heavy atom. The lowest BCUT2D eigenvalue weighted by Gasteiger charge is -2.29. The summed E-state index contributed by atoms with van der Waals surface area (Å²) in [5.74, 6) is 0. The highest BCUT2D eigenvalue weighted by atomic mass is 15.4. The molecule has 0 aromatic rings. The molecule has 0 N–H and O–H groups in total. The van der Waals surface area contributed by atoms with E-state index in [1.807, 2.05) is 0 Å². The summed E-state index contributed by atoms with van der Waals surface area (Å²) < 4.78 is 0. The molecule has 0 radical (unpaired) electrons. The van der Waals surface area contributed by atoms with Crippen LogP contribution < -0.4 is 0 Å². The summed E-state index contributed by atoms with van der Waals surface area (Å²) in [6.07, 6.45) is 4.28. The van der Waals surface area contributed by atoms with E-state index < -0.39 is 0 Å². The van der Waals surface area contributed by atoms with Crippen LogP contribution in [0, 0.1) is 0 Å². The van der Waals surface area contributed by atoms with Gasteiger partial charge in [0.15, 0.2) is 0 Å². The molecule has 1 aliphatic heterocycles. The summed E-state index contributed by atoms with van der Waals surface area (Å²) >= 11 is 0. The predicted octanol–water partition coefficient (Wildman–Crippen LogP) is 3.02. The quantitative estimate of drug-likeness (QED) is 0.682. The molecule has 2 nitrogen and oxygen atoms in total. The van der Waals surface area contributed by atoms with Crippen molar-refractivity contribution >= 4 is 0 Å². The van der Waals surface area contributed by atoms with E-state index in [2.05, 4.69) is 44.5 Å². The van der Waals surface area contributed by atoms with Crippen molar-refractivity contribution in [2.45, 2.75) is 53.1 Å². The average molecular weight is 196 g/mol. The van der Waals surface area contributed by atoms with Crippen molar-refractivity contribution in [2.24, 2.45) is 0 Å². The summed E-state index contributed by atoms with van der Waals surface area (Å²) in [4.78, 5) is 4.94. The Bertz CT molecular complexity index is 220. The third-order valence-electron chi connectivity index (χ3n) is 3.37. The van der Waals surface area contributed by atoms with Gasteiger partial charge in [0, 0.05) is 25.0 Å². The molecule has 1 heterocycles. The van der Waals surface area contributed by atoms with Crippen molar-refractivity contribution in [3.63, 3.8) is 0 Å². The van der Waals surface area contributed by atoms with Gasteiger partial charge in [-0.1, -0.05) is 20.3 Å². The van der Waals surface area contributed by atoms with E-state index in [1.165, 1.54) is 30.8 Å². The van der Waals surface area contributed by atoms with Crippen molar-refractivity contribution in [2.75, 3.05) is 13.6 Å². The first-order valence-electron chi connectivity index (χ1n) is 5.82. The molecule has 0 aromatic heterocycles. The van der Waals surface area contributed by atoms with Gasteiger partial charge in [0.1, 0.15) is 0 Å². The van der Waals surface area contributed by atoms with Crippen LogP contribution in [0.25, 0.3) is 0 Å². The molecule has 0 aromatic carbocycles. The second-order valence-electron chi connectivity index (χ2n) is 4.18. The van der Waals surface area contributed by atoms with Gasteiger partial charge in [-0.25, -0.2) is 0 Å². The normalized spacial score (nSPS) is 22.5. The second-order valence-corrected chi connectivity index (χ2v) is 4.18. The highest BCUT2D eigenvalue weighted by Gasteiger charge is 2.28. The first-order valence-corrected chi connectivity index (χ1v) is 5.82. The Morgan fingerprint density at radius 2 is 1.93 bits per heavy atom. The first-order chi connectivity index (χ1) is 6.63. The van der Waals surface area contributed by atoms with Crippen LogP contribution in [0.4, 0.5) is 0 Å². The summed E-state index contributed by atoms with van der Waals surface area (Å²) in [6.45, 7) is 10.3. The molecule has 14 heavy (non-hydrogen) atoms. The third-order valence-corrected chi connectivity index (χ3v) is 3.37. The monoisotopic (exact) mass is 196 g/mol. The maximum absolute atomic E-state index is 2.53. The maximum Gasteiger partial charge on any atom is 0.0979 e. The smallest absolute Gasteiger partial charge is 0.0979 e. The van der Waals surface area contributed by atoms with E-state index in [0.29, 0.717) is 6.17 Å². The zero-order valence-electron chi connectivity index (χ0n) is 10.3. The molecule has 0 saturated carbocycles. The molecule has 0 aliphatic carbocycles. The van der Waals surface area contributed by atoms with Gasteiger partial charge < -0.3 is 9.80 Å². The van der Waals surface area contributed by atoms with Gasteiger partial charge in [-0.2, -0.15) is 0 Å². The van der Waals surface area contributed by atoms with Gasteiger partial charge in [-0.3, -0.25) is 0 Å². The van der Waals surface area contributed by atoms with Crippen LogP contribution in [0.15, 0.2) is 11.4 Å². The topological polar surface area (TPSA) is 6.48 Å². The molecule has 82 valence electrons. The van der Waals surface area contributed by atoms with Crippen molar-refractivity contribution in [1.29, 1.82) is 0 Å². The van der Waals surface area contributed by atoms with Gasteiger partial charge in [0.25, 0.3) is 0 Å². The standard InChI is InChI=1S/C12H24N2/c1-6-8-9-14-10(3)12(7-2)13(5)11(14)4/h11H,6-9H2,1-5H3. The molecule has 1 unspecified atom stereocenters. The number of hydrogen-bond acceptors (Lipinski definition) is 2. The Labute approximate surface area is 88.6 Å². The molecular formula is C12H24N2. The molecule has 0 saturated heterocycles. The van der Waals surface area contributed by atoms with Crippen molar-refractivity contribution in [1.82, 2.24) is 9.80 Å². The van der Waals surface area contributed by atoms with E-state index in [-0.39, 0.29) is 0 Å². The SMILES string of the molecule is CCCCN1C(C)=C(CC)N(C)C1C. The molecule has 1 rings (SSSR count). The number of nitrogens with zero attached hydrogens (tertiary/aromatic N) is 2. The average Bonchev–Trinajstić information content (AvgIpc) is 2.37. The largest absolute Gasteiger partial charge is 0.356 e. The Kier molecular flexibility index (Phi) is 3.85. The fraction of sp³-hybridized carbons (Fsp3) is 0.833. The van der Waals surface area contributed by atoms with Gasteiger partial charge >= 0.3 is 0 Å². The number of unbranched alkanes of at least 4 members (excludes halogenated alkanes) is 1. The summed E-state index contributed by atoms with van der Waals surface area (Å²) in [7, 11) is 2.21. The molecule has 2 heteroatoms. The Hall–Kier alpha value is -0.660. The minimum atomic E-state index is 0.552. The van der Waals surface area contributed by atoms with Crippen LogP contribution >= 0.6 is 0 Å². The third kappa shape index (κ3) is 1.89. The van der Waals surface area contributed by atoms with Crippen LogP contribution in [0.5, 0.6) is 0 Å². The second kappa shape index (κ2) is 4.72. The minimum absolute atomic E-state index is 0.552.